The molecule has 2 aromatic carbocycles. The molecule has 0 unspecified atom stereocenters. The van der Waals surface area contributed by atoms with Gasteiger partial charge in [-0.3, -0.25) is 4.79 Å². The van der Waals surface area contributed by atoms with Crippen LogP contribution < -0.4 is 4.90 Å². The van der Waals surface area contributed by atoms with Gasteiger partial charge < -0.3 is 9.42 Å². The second kappa shape index (κ2) is 5.20. The van der Waals surface area contributed by atoms with Gasteiger partial charge in [0, 0.05) is 29.8 Å². The van der Waals surface area contributed by atoms with Crippen molar-refractivity contribution in [2.75, 3.05) is 18.0 Å². The molecule has 0 amide bonds. The van der Waals surface area contributed by atoms with Crippen LogP contribution in [0.25, 0.3) is 22.2 Å². The molecule has 2 heterocycles. The number of carbonyl (C=O) groups is 1. The third-order valence-corrected chi connectivity index (χ3v) is 5.22. The third-order valence-electron chi connectivity index (χ3n) is 5.22. The topological polar surface area (TPSA) is 46.3 Å². The van der Waals surface area contributed by atoms with Crippen LogP contribution in [0, 0.1) is 0 Å². The van der Waals surface area contributed by atoms with E-state index in [1.807, 2.05) is 36.4 Å². The van der Waals surface area contributed by atoms with E-state index in [-0.39, 0.29) is 5.78 Å². The first-order chi connectivity index (χ1) is 11.8. The summed E-state index contributed by atoms with van der Waals surface area (Å²) < 4.78 is 5.70. The van der Waals surface area contributed by atoms with Crippen LogP contribution in [0.4, 0.5) is 5.69 Å². The molecular formula is C20H18N2O2. The summed E-state index contributed by atoms with van der Waals surface area (Å²) in [5, 5.41) is 5.24. The van der Waals surface area contributed by atoms with E-state index < -0.39 is 0 Å². The van der Waals surface area contributed by atoms with Crippen molar-refractivity contribution in [1.29, 1.82) is 0 Å². The maximum Gasteiger partial charge on any atom is 0.194 e. The zero-order valence-electron chi connectivity index (χ0n) is 13.4. The summed E-state index contributed by atoms with van der Waals surface area (Å²) in [7, 11) is 0. The van der Waals surface area contributed by atoms with Crippen LogP contribution >= 0.6 is 0 Å². The number of nitrogens with zero attached hydrogens (tertiary/aromatic N) is 2. The van der Waals surface area contributed by atoms with Crippen LogP contribution in [0.5, 0.6) is 0 Å². The van der Waals surface area contributed by atoms with Gasteiger partial charge in [0.05, 0.1) is 11.1 Å². The maximum atomic E-state index is 12.9. The summed E-state index contributed by atoms with van der Waals surface area (Å²) in [6, 6.07) is 11.6. The van der Waals surface area contributed by atoms with Crippen LogP contribution in [0.2, 0.25) is 0 Å². The number of rotatable bonds is 1. The molecule has 0 radical (unpaired) electrons. The second-order valence-corrected chi connectivity index (χ2v) is 6.64. The van der Waals surface area contributed by atoms with Gasteiger partial charge in [-0.15, -0.1) is 0 Å². The van der Waals surface area contributed by atoms with Crippen LogP contribution in [0.3, 0.4) is 0 Å². The Morgan fingerprint density at radius 2 is 1.62 bits per heavy atom. The lowest BCUT2D eigenvalue weighted by atomic mass is 9.87. The lowest BCUT2D eigenvalue weighted by Crippen LogP contribution is -2.24. The number of ketones is 1. The van der Waals surface area contributed by atoms with Crippen molar-refractivity contribution in [2.24, 2.45) is 0 Å². The maximum absolute atomic E-state index is 12.9. The smallest absolute Gasteiger partial charge is 0.194 e. The van der Waals surface area contributed by atoms with Gasteiger partial charge in [0.25, 0.3) is 0 Å². The van der Waals surface area contributed by atoms with Gasteiger partial charge in [0.15, 0.2) is 11.5 Å². The molecule has 3 aromatic rings. The fourth-order valence-corrected chi connectivity index (χ4v) is 4.00. The minimum atomic E-state index is 0.0636. The van der Waals surface area contributed by atoms with E-state index in [1.165, 1.54) is 25.7 Å². The van der Waals surface area contributed by atoms with Gasteiger partial charge in [-0.25, -0.2) is 0 Å². The molecule has 1 aliphatic carbocycles. The molecule has 1 saturated heterocycles. The van der Waals surface area contributed by atoms with Crippen LogP contribution in [0.15, 0.2) is 40.9 Å². The van der Waals surface area contributed by atoms with Crippen molar-refractivity contribution in [1.82, 2.24) is 5.16 Å². The van der Waals surface area contributed by atoms with E-state index in [4.69, 9.17) is 4.52 Å². The normalized spacial score (nSPS) is 17.0. The van der Waals surface area contributed by atoms with Crippen LogP contribution in [-0.2, 0) is 0 Å². The van der Waals surface area contributed by atoms with Crippen molar-refractivity contribution in [3.05, 3.63) is 47.5 Å². The Kier molecular flexibility index (Phi) is 2.98. The highest BCUT2D eigenvalue weighted by Gasteiger charge is 2.30. The third kappa shape index (κ3) is 1.86. The monoisotopic (exact) mass is 318 g/mol. The molecule has 1 aromatic heterocycles. The average Bonchev–Trinajstić information content (AvgIpc) is 2.88. The average molecular weight is 318 g/mol. The predicted octanol–water partition coefficient (Wildman–Crippen LogP) is 4.42. The molecular weight excluding hydrogens is 300 g/mol. The molecule has 4 heteroatoms. The Hall–Kier alpha value is -2.62. The SMILES string of the molecule is O=C1c2ccccc2-c2onc3c(N4CCCCCC4)ccc1c23. The fraction of sp³-hybridized carbons (Fsp3) is 0.300. The van der Waals surface area contributed by atoms with Gasteiger partial charge >= 0.3 is 0 Å². The Bertz CT molecular complexity index is 949. The van der Waals surface area contributed by atoms with E-state index in [2.05, 4.69) is 10.1 Å². The Morgan fingerprint density at radius 3 is 2.42 bits per heavy atom. The van der Waals surface area contributed by atoms with E-state index >= 15 is 0 Å². The number of fused-ring (bicyclic) bond motifs is 2. The van der Waals surface area contributed by atoms with Crippen molar-refractivity contribution >= 4 is 22.4 Å². The number of hydrogen-bond donors (Lipinski definition) is 0. The highest BCUT2D eigenvalue weighted by molar-refractivity contribution is 6.25. The number of hydrogen-bond acceptors (Lipinski definition) is 4. The molecule has 4 nitrogen and oxygen atoms in total. The molecule has 0 N–H and O–H groups in total. The van der Waals surface area contributed by atoms with Crippen molar-refractivity contribution in [3.8, 4) is 11.3 Å². The molecule has 1 fully saturated rings. The van der Waals surface area contributed by atoms with Crippen LogP contribution in [-0.4, -0.2) is 24.0 Å². The Morgan fingerprint density at radius 1 is 0.875 bits per heavy atom. The number of carbonyl (C=O) groups excluding carboxylic acids is 1. The molecule has 0 spiro atoms. The summed E-state index contributed by atoms with van der Waals surface area (Å²) >= 11 is 0. The molecule has 120 valence electrons. The lowest BCUT2D eigenvalue weighted by Gasteiger charge is -2.23. The standard InChI is InChI=1S/C20H18N2O2/c23-19-13-7-3-4-8-14(13)20-17-15(19)9-10-16(18(17)21-24-20)22-11-5-1-2-6-12-22/h3-4,7-10H,1-2,5-6,11-12H2. The zero-order valence-corrected chi connectivity index (χ0v) is 13.4. The molecule has 0 bridgehead atoms. The summed E-state index contributed by atoms with van der Waals surface area (Å²) in [5.41, 5.74) is 4.18. The van der Waals surface area contributed by atoms with Gasteiger partial charge in [0.2, 0.25) is 0 Å². The van der Waals surface area contributed by atoms with Crippen molar-refractivity contribution in [3.63, 3.8) is 0 Å². The van der Waals surface area contributed by atoms with E-state index in [0.717, 1.165) is 41.0 Å². The molecule has 1 aliphatic heterocycles. The first kappa shape index (κ1) is 13.8. The zero-order chi connectivity index (χ0) is 16.1. The quantitative estimate of drug-likeness (QED) is 0.521. The van der Waals surface area contributed by atoms with Crippen molar-refractivity contribution in [2.45, 2.75) is 25.7 Å². The summed E-state index contributed by atoms with van der Waals surface area (Å²) in [6.45, 7) is 2.09. The van der Waals surface area contributed by atoms with Crippen LogP contribution in [0.1, 0.15) is 41.6 Å². The fourth-order valence-electron chi connectivity index (χ4n) is 4.00. The predicted molar refractivity (Wildman–Crippen MR) is 93.6 cm³/mol. The van der Waals surface area contributed by atoms with Gasteiger partial charge in [0.1, 0.15) is 5.52 Å². The number of anilines is 1. The summed E-state index contributed by atoms with van der Waals surface area (Å²) in [5.74, 6) is 0.792. The van der Waals surface area contributed by atoms with E-state index in [0.29, 0.717) is 11.1 Å². The Balaban J connectivity index is 1.74. The molecule has 5 rings (SSSR count). The van der Waals surface area contributed by atoms with Gasteiger partial charge in [-0.2, -0.15) is 0 Å². The molecule has 0 atom stereocenters. The first-order valence-corrected chi connectivity index (χ1v) is 8.66. The lowest BCUT2D eigenvalue weighted by molar-refractivity contribution is 0.104. The Labute approximate surface area is 140 Å². The number of benzene rings is 2. The summed E-state index contributed by atoms with van der Waals surface area (Å²) in [4.78, 5) is 15.2. The van der Waals surface area contributed by atoms with E-state index in [9.17, 15) is 4.79 Å². The molecule has 2 aliphatic rings. The highest BCUT2D eigenvalue weighted by atomic mass is 16.5. The van der Waals surface area contributed by atoms with E-state index in [1.54, 1.807) is 0 Å². The molecule has 24 heavy (non-hydrogen) atoms. The highest BCUT2D eigenvalue weighted by Crippen LogP contribution is 2.42. The largest absolute Gasteiger partial charge is 0.370 e. The van der Waals surface area contributed by atoms with Gasteiger partial charge in [-0.05, 0) is 25.0 Å². The second-order valence-electron chi connectivity index (χ2n) is 6.64. The van der Waals surface area contributed by atoms with Gasteiger partial charge in [-0.1, -0.05) is 42.3 Å². The minimum Gasteiger partial charge on any atom is -0.370 e. The summed E-state index contributed by atoms with van der Waals surface area (Å²) in [6.07, 6.45) is 4.98. The first-order valence-electron chi connectivity index (χ1n) is 8.66. The van der Waals surface area contributed by atoms with Crippen molar-refractivity contribution < 1.29 is 9.32 Å². The number of aromatic nitrogens is 1. The molecule has 0 saturated carbocycles. The minimum absolute atomic E-state index is 0.0636.